The van der Waals surface area contributed by atoms with Gasteiger partial charge in [-0.3, -0.25) is 4.90 Å². The molecule has 17 heavy (non-hydrogen) atoms. The van der Waals surface area contributed by atoms with Crippen molar-refractivity contribution < 1.29 is 0 Å². The molecule has 0 radical (unpaired) electrons. The van der Waals surface area contributed by atoms with Gasteiger partial charge >= 0.3 is 0 Å². The minimum Gasteiger partial charge on any atom is -0.329 e. The highest BCUT2D eigenvalue weighted by molar-refractivity contribution is 9.10. The molecular formula is C12H19BrN2S2. The third-order valence-corrected chi connectivity index (χ3v) is 6.32. The molecular weight excluding hydrogens is 316 g/mol. The first-order valence-electron chi connectivity index (χ1n) is 5.95. The van der Waals surface area contributed by atoms with Gasteiger partial charge in [0.2, 0.25) is 0 Å². The predicted molar refractivity (Wildman–Crippen MR) is 81.9 cm³/mol. The molecule has 1 atom stereocenters. The van der Waals surface area contributed by atoms with Crippen LogP contribution in [0.4, 0.5) is 0 Å². The van der Waals surface area contributed by atoms with Gasteiger partial charge in [0.25, 0.3) is 0 Å². The van der Waals surface area contributed by atoms with E-state index < -0.39 is 0 Å². The molecule has 0 aromatic carbocycles. The number of likely N-dealkylation sites (tertiary alicyclic amines) is 1. The maximum absolute atomic E-state index is 5.96. The van der Waals surface area contributed by atoms with E-state index in [1.807, 2.05) is 23.1 Å². The van der Waals surface area contributed by atoms with E-state index in [0.29, 0.717) is 6.04 Å². The topological polar surface area (TPSA) is 29.3 Å². The molecule has 1 aromatic heterocycles. The molecule has 1 aliphatic heterocycles. The summed E-state index contributed by atoms with van der Waals surface area (Å²) in [5.41, 5.74) is 5.96. The van der Waals surface area contributed by atoms with Gasteiger partial charge in [0.05, 0.1) is 6.04 Å². The summed E-state index contributed by atoms with van der Waals surface area (Å²) in [5, 5.41) is 2.99. The van der Waals surface area contributed by atoms with Crippen molar-refractivity contribution in [3.05, 3.63) is 20.8 Å². The van der Waals surface area contributed by atoms with Gasteiger partial charge in [0.15, 0.2) is 0 Å². The highest BCUT2D eigenvalue weighted by atomic mass is 79.9. The summed E-state index contributed by atoms with van der Waals surface area (Å²) in [5.74, 6) is 0. The molecule has 0 aliphatic carbocycles. The molecule has 96 valence electrons. The van der Waals surface area contributed by atoms with Gasteiger partial charge < -0.3 is 5.73 Å². The highest BCUT2D eigenvalue weighted by Gasteiger charge is 2.25. The number of halogens is 1. The zero-order valence-corrected chi connectivity index (χ0v) is 13.3. The van der Waals surface area contributed by atoms with Crippen LogP contribution in [0.1, 0.15) is 23.8 Å². The number of hydrogen-bond acceptors (Lipinski definition) is 4. The quantitative estimate of drug-likeness (QED) is 0.915. The standard InChI is InChI=1S/C12H19BrN2S2/c1-16-10-2-4-15(5-3-10)11(7-14)12-6-9(13)8-17-12/h6,8,10-11H,2-5,7,14H2,1H3. The minimum atomic E-state index is 0.411. The maximum Gasteiger partial charge on any atom is 0.0564 e. The molecule has 2 rings (SSSR count). The lowest BCUT2D eigenvalue weighted by molar-refractivity contribution is 0.173. The molecule has 2 N–H and O–H groups in total. The molecule has 1 aliphatic rings. The monoisotopic (exact) mass is 334 g/mol. The summed E-state index contributed by atoms with van der Waals surface area (Å²) in [7, 11) is 0. The largest absolute Gasteiger partial charge is 0.329 e. The number of hydrogen-bond donors (Lipinski definition) is 1. The normalized spacial score (nSPS) is 20.6. The lowest BCUT2D eigenvalue weighted by atomic mass is 10.1. The Morgan fingerprint density at radius 1 is 1.59 bits per heavy atom. The van der Waals surface area contributed by atoms with Crippen molar-refractivity contribution in [1.29, 1.82) is 0 Å². The zero-order valence-electron chi connectivity index (χ0n) is 10.1. The van der Waals surface area contributed by atoms with Gasteiger partial charge in [-0.2, -0.15) is 11.8 Å². The highest BCUT2D eigenvalue weighted by Crippen LogP contribution is 2.32. The maximum atomic E-state index is 5.96. The van der Waals surface area contributed by atoms with Crippen LogP contribution < -0.4 is 5.73 Å². The van der Waals surface area contributed by atoms with E-state index in [2.05, 4.69) is 38.5 Å². The van der Waals surface area contributed by atoms with Crippen LogP contribution >= 0.6 is 39.0 Å². The van der Waals surface area contributed by atoms with Crippen molar-refractivity contribution in [3.63, 3.8) is 0 Å². The van der Waals surface area contributed by atoms with Crippen LogP contribution in [0.2, 0.25) is 0 Å². The number of thiophene rings is 1. The summed E-state index contributed by atoms with van der Waals surface area (Å²) in [4.78, 5) is 3.94. The van der Waals surface area contributed by atoms with Gasteiger partial charge in [-0.15, -0.1) is 11.3 Å². The fourth-order valence-electron chi connectivity index (χ4n) is 2.37. The van der Waals surface area contributed by atoms with Crippen LogP contribution in [0, 0.1) is 0 Å². The van der Waals surface area contributed by atoms with Crippen molar-refractivity contribution in [3.8, 4) is 0 Å². The Hall–Kier alpha value is 0.450. The molecule has 1 saturated heterocycles. The number of rotatable bonds is 4. The number of nitrogens with zero attached hydrogens (tertiary/aromatic N) is 1. The summed E-state index contributed by atoms with van der Waals surface area (Å²) in [6.45, 7) is 3.09. The Morgan fingerprint density at radius 3 is 2.76 bits per heavy atom. The van der Waals surface area contributed by atoms with Crippen molar-refractivity contribution in [2.45, 2.75) is 24.1 Å². The first kappa shape index (κ1) is 13.9. The lowest BCUT2D eigenvalue weighted by Crippen LogP contribution is -2.40. The molecule has 0 spiro atoms. The average molecular weight is 335 g/mol. The number of nitrogens with two attached hydrogens (primary N) is 1. The summed E-state index contributed by atoms with van der Waals surface area (Å²) in [6.07, 6.45) is 4.81. The van der Waals surface area contributed by atoms with Gasteiger partial charge in [0.1, 0.15) is 0 Å². The first-order chi connectivity index (χ1) is 8.24. The van der Waals surface area contributed by atoms with Gasteiger partial charge in [-0.25, -0.2) is 0 Å². The molecule has 0 amide bonds. The second-order valence-electron chi connectivity index (χ2n) is 4.39. The van der Waals surface area contributed by atoms with Crippen LogP contribution in [-0.2, 0) is 0 Å². The van der Waals surface area contributed by atoms with Gasteiger partial charge in [-0.05, 0) is 54.2 Å². The van der Waals surface area contributed by atoms with Gasteiger partial charge in [0, 0.05) is 26.5 Å². The number of thioether (sulfide) groups is 1. The van der Waals surface area contributed by atoms with E-state index >= 15 is 0 Å². The first-order valence-corrected chi connectivity index (χ1v) is 8.91. The van der Waals surface area contributed by atoms with Crippen LogP contribution in [-0.4, -0.2) is 36.0 Å². The lowest BCUT2D eigenvalue weighted by Gasteiger charge is -2.36. The van der Waals surface area contributed by atoms with Crippen molar-refractivity contribution in [2.75, 3.05) is 25.9 Å². The van der Waals surface area contributed by atoms with Crippen molar-refractivity contribution >= 4 is 39.0 Å². The van der Waals surface area contributed by atoms with E-state index in [1.54, 1.807) is 0 Å². The Balaban J connectivity index is 2.00. The fourth-order valence-corrected chi connectivity index (χ4v) is 4.65. The van der Waals surface area contributed by atoms with Crippen LogP contribution in [0.15, 0.2) is 15.9 Å². The summed E-state index contributed by atoms with van der Waals surface area (Å²) < 4.78 is 1.18. The smallest absolute Gasteiger partial charge is 0.0564 e. The zero-order chi connectivity index (χ0) is 12.3. The minimum absolute atomic E-state index is 0.411. The third-order valence-electron chi connectivity index (χ3n) is 3.39. The Kier molecular flexibility index (Phi) is 5.36. The second kappa shape index (κ2) is 6.57. The molecule has 0 saturated carbocycles. The number of piperidine rings is 1. The molecule has 5 heteroatoms. The van der Waals surface area contributed by atoms with E-state index in [9.17, 15) is 0 Å². The average Bonchev–Trinajstić information content (AvgIpc) is 2.78. The molecule has 0 bridgehead atoms. The van der Waals surface area contributed by atoms with Gasteiger partial charge in [-0.1, -0.05) is 0 Å². The van der Waals surface area contributed by atoms with E-state index in [4.69, 9.17) is 5.73 Å². The third kappa shape index (κ3) is 3.47. The Morgan fingerprint density at radius 2 is 2.29 bits per heavy atom. The Bertz CT molecular complexity index is 348. The fraction of sp³-hybridized carbons (Fsp3) is 0.667. The van der Waals surface area contributed by atoms with Crippen molar-refractivity contribution in [1.82, 2.24) is 4.90 Å². The summed E-state index contributed by atoms with van der Waals surface area (Å²) >= 11 is 7.34. The van der Waals surface area contributed by atoms with Crippen LogP contribution in [0.25, 0.3) is 0 Å². The van der Waals surface area contributed by atoms with Crippen LogP contribution in [0.3, 0.4) is 0 Å². The predicted octanol–water partition coefficient (Wildman–Crippen LogP) is 3.34. The summed E-state index contributed by atoms with van der Waals surface area (Å²) in [6, 6.07) is 2.62. The Labute approximate surface area is 120 Å². The molecule has 2 heterocycles. The van der Waals surface area contributed by atoms with Crippen molar-refractivity contribution in [2.24, 2.45) is 5.73 Å². The molecule has 1 unspecified atom stereocenters. The van der Waals surface area contributed by atoms with E-state index in [0.717, 1.165) is 11.8 Å². The van der Waals surface area contributed by atoms with Crippen LogP contribution in [0.5, 0.6) is 0 Å². The molecule has 1 fully saturated rings. The van der Waals surface area contributed by atoms with E-state index in [-0.39, 0.29) is 0 Å². The van der Waals surface area contributed by atoms with E-state index in [1.165, 1.54) is 35.3 Å². The molecule has 1 aromatic rings. The SMILES string of the molecule is CSC1CCN(C(CN)c2cc(Br)cs2)CC1. The second-order valence-corrected chi connectivity index (χ2v) is 7.39. The molecule has 2 nitrogen and oxygen atoms in total.